The molecule has 90 valence electrons. The lowest BCUT2D eigenvalue weighted by Crippen LogP contribution is -2.40. The Bertz CT molecular complexity index is 353. The van der Waals surface area contributed by atoms with E-state index in [1.54, 1.807) is 0 Å². The van der Waals surface area contributed by atoms with Crippen molar-refractivity contribution in [3.8, 4) is 0 Å². The van der Waals surface area contributed by atoms with Gasteiger partial charge in [-0.1, -0.05) is 20.8 Å². The molecule has 0 saturated carbocycles. The van der Waals surface area contributed by atoms with Crippen molar-refractivity contribution in [3.05, 3.63) is 5.82 Å². The Hall–Kier alpha value is -0.350. The Morgan fingerprint density at radius 3 is 2.81 bits per heavy atom. The molecule has 2 unspecified atom stereocenters. The van der Waals surface area contributed by atoms with Gasteiger partial charge < -0.3 is 4.90 Å². The average molecular weight is 260 g/mol. The van der Waals surface area contributed by atoms with Gasteiger partial charge in [0.1, 0.15) is 5.82 Å². The molecule has 1 fully saturated rings. The summed E-state index contributed by atoms with van der Waals surface area (Å²) in [6.07, 6.45) is 1.14. The van der Waals surface area contributed by atoms with Crippen LogP contribution in [0.4, 0.5) is 5.13 Å². The van der Waals surface area contributed by atoms with Crippen LogP contribution in [0.5, 0.6) is 0 Å². The SMILES string of the molecule is CC(C)c1nsc(N2CCC(C)C(Cl)C2)n1. The smallest absolute Gasteiger partial charge is 0.205 e. The molecular formula is C11H18ClN3S. The van der Waals surface area contributed by atoms with Gasteiger partial charge in [-0.05, 0) is 12.3 Å². The van der Waals surface area contributed by atoms with E-state index < -0.39 is 0 Å². The van der Waals surface area contributed by atoms with Crippen molar-refractivity contribution >= 4 is 28.3 Å². The molecule has 1 aromatic rings. The monoisotopic (exact) mass is 259 g/mol. The van der Waals surface area contributed by atoms with Gasteiger partial charge >= 0.3 is 0 Å². The number of hydrogen-bond donors (Lipinski definition) is 0. The largest absolute Gasteiger partial charge is 0.345 e. The number of nitrogens with zero attached hydrogens (tertiary/aromatic N) is 3. The summed E-state index contributed by atoms with van der Waals surface area (Å²) < 4.78 is 4.38. The molecule has 1 saturated heterocycles. The third-order valence-corrected chi connectivity index (χ3v) is 4.44. The van der Waals surface area contributed by atoms with Gasteiger partial charge in [0.05, 0.1) is 5.38 Å². The average Bonchev–Trinajstić information content (AvgIpc) is 2.71. The molecule has 0 bridgehead atoms. The highest BCUT2D eigenvalue weighted by Gasteiger charge is 2.26. The van der Waals surface area contributed by atoms with Crippen LogP contribution in [-0.4, -0.2) is 27.8 Å². The zero-order chi connectivity index (χ0) is 11.7. The van der Waals surface area contributed by atoms with E-state index in [9.17, 15) is 0 Å². The van der Waals surface area contributed by atoms with Gasteiger partial charge in [-0.3, -0.25) is 0 Å². The molecule has 5 heteroatoms. The maximum Gasteiger partial charge on any atom is 0.205 e. The minimum Gasteiger partial charge on any atom is -0.345 e. The van der Waals surface area contributed by atoms with E-state index in [0.717, 1.165) is 30.5 Å². The molecule has 1 aromatic heterocycles. The van der Waals surface area contributed by atoms with Crippen LogP contribution in [0.2, 0.25) is 0 Å². The number of alkyl halides is 1. The normalized spacial score (nSPS) is 26.4. The lowest BCUT2D eigenvalue weighted by Gasteiger charge is -2.33. The topological polar surface area (TPSA) is 29.0 Å². The fourth-order valence-electron chi connectivity index (χ4n) is 1.79. The molecule has 0 aromatic carbocycles. The highest BCUT2D eigenvalue weighted by molar-refractivity contribution is 7.09. The second-order valence-corrected chi connectivity index (χ2v) is 6.11. The van der Waals surface area contributed by atoms with Gasteiger partial charge in [0.25, 0.3) is 0 Å². The van der Waals surface area contributed by atoms with Crippen LogP contribution in [0.3, 0.4) is 0 Å². The zero-order valence-corrected chi connectivity index (χ0v) is 11.6. The van der Waals surface area contributed by atoms with Gasteiger partial charge in [0, 0.05) is 30.5 Å². The molecule has 3 nitrogen and oxygen atoms in total. The second kappa shape index (κ2) is 4.88. The molecular weight excluding hydrogens is 242 g/mol. The van der Waals surface area contributed by atoms with Crippen LogP contribution >= 0.6 is 23.1 Å². The molecule has 0 radical (unpaired) electrons. The fourth-order valence-corrected chi connectivity index (χ4v) is 2.92. The van der Waals surface area contributed by atoms with E-state index in [1.165, 1.54) is 11.5 Å². The molecule has 1 aliphatic heterocycles. The zero-order valence-electron chi connectivity index (χ0n) is 9.98. The predicted octanol–water partition coefficient (Wildman–Crippen LogP) is 3.12. The molecule has 0 amide bonds. The molecule has 0 aliphatic carbocycles. The highest BCUT2D eigenvalue weighted by Crippen LogP contribution is 2.28. The summed E-state index contributed by atoms with van der Waals surface area (Å²) in [5, 5.41) is 1.27. The Labute approximate surface area is 106 Å². The Morgan fingerprint density at radius 2 is 2.25 bits per heavy atom. The summed E-state index contributed by atoms with van der Waals surface area (Å²) in [5.74, 6) is 1.96. The quantitative estimate of drug-likeness (QED) is 0.765. The molecule has 2 atom stereocenters. The number of rotatable bonds is 2. The van der Waals surface area contributed by atoms with Crippen LogP contribution in [0.15, 0.2) is 0 Å². The van der Waals surface area contributed by atoms with Crippen molar-refractivity contribution in [2.75, 3.05) is 18.0 Å². The maximum atomic E-state index is 6.30. The van der Waals surface area contributed by atoms with Gasteiger partial charge in [-0.15, -0.1) is 11.6 Å². The van der Waals surface area contributed by atoms with Gasteiger partial charge in [0.15, 0.2) is 0 Å². The van der Waals surface area contributed by atoms with E-state index in [-0.39, 0.29) is 5.38 Å². The van der Waals surface area contributed by atoms with Crippen molar-refractivity contribution in [1.82, 2.24) is 9.36 Å². The molecule has 1 aliphatic rings. The predicted molar refractivity (Wildman–Crippen MR) is 69.6 cm³/mol. The van der Waals surface area contributed by atoms with E-state index in [1.807, 2.05) is 0 Å². The molecule has 2 rings (SSSR count). The minimum atomic E-state index is 0.236. The third kappa shape index (κ3) is 2.48. The second-order valence-electron chi connectivity index (χ2n) is 4.82. The van der Waals surface area contributed by atoms with Crippen LogP contribution in [0.1, 0.15) is 38.9 Å². The minimum absolute atomic E-state index is 0.236. The molecule has 2 heterocycles. The third-order valence-electron chi connectivity index (χ3n) is 3.08. The lowest BCUT2D eigenvalue weighted by molar-refractivity contribution is 0.445. The van der Waals surface area contributed by atoms with Crippen molar-refractivity contribution in [2.45, 2.75) is 38.5 Å². The first-order valence-electron chi connectivity index (χ1n) is 5.80. The number of aromatic nitrogens is 2. The summed E-state index contributed by atoms with van der Waals surface area (Å²) in [4.78, 5) is 6.83. The van der Waals surface area contributed by atoms with Crippen molar-refractivity contribution < 1.29 is 0 Å². The maximum absolute atomic E-state index is 6.30. The lowest BCUT2D eigenvalue weighted by atomic mass is 9.99. The van der Waals surface area contributed by atoms with Crippen molar-refractivity contribution in [1.29, 1.82) is 0 Å². The number of anilines is 1. The van der Waals surface area contributed by atoms with Gasteiger partial charge in [0.2, 0.25) is 5.13 Å². The van der Waals surface area contributed by atoms with Crippen LogP contribution < -0.4 is 4.90 Å². The Morgan fingerprint density at radius 1 is 1.50 bits per heavy atom. The van der Waals surface area contributed by atoms with Crippen LogP contribution in [-0.2, 0) is 0 Å². The first-order chi connectivity index (χ1) is 7.58. The summed E-state index contributed by atoms with van der Waals surface area (Å²) in [6.45, 7) is 8.41. The first-order valence-corrected chi connectivity index (χ1v) is 7.01. The van der Waals surface area contributed by atoms with E-state index in [0.29, 0.717) is 11.8 Å². The van der Waals surface area contributed by atoms with Crippen molar-refractivity contribution in [3.63, 3.8) is 0 Å². The Balaban J connectivity index is 2.07. The Kier molecular flexibility index (Phi) is 3.70. The summed E-state index contributed by atoms with van der Waals surface area (Å²) >= 11 is 7.79. The van der Waals surface area contributed by atoms with E-state index >= 15 is 0 Å². The first kappa shape index (κ1) is 12.1. The highest BCUT2D eigenvalue weighted by atomic mass is 35.5. The van der Waals surface area contributed by atoms with Crippen LogP contribution in [0, 0.1) is 5.92 Å². The standard InChI is InChI=1S/C11H18ClN3S/c1-7(2)10-13-11(16-14-10)15-5-4-8(3)9(12)6-15/h7-9H,4-6H2,1-3H3. The van der Waals surface area contributed by atoms with Crippen LogP contribution in [0.25, 0.3) is 0 Å². The molecule has 0 spiro atoms. The number of hydrogen-bond acceptors (Lipinski definition) is 4. The van der Waals surface area contributed by atoms with Crippen molar-refractivity contribution in [2.24, 2.45) is 5.92 Å². The van der Waals surface area contributed by atoms with E-state index in [4.69, 9.17) is 11.6 Å². The fraction of sp³-hybridized carbons (Fsp3) is 0.818. The van der Waals surface area contributed by atoms with Gasteiger partial charge in [-0.2, -0.15) is 4.37 Å². The van der Waals surface area contributed by atoms with E-state index in [2.05, 4.69) is 35.0 Å². The van der Waals surface area contributed by atoms with Gasteiger partial charge in [-0.25, -0.2) is 4.98 Å². The summed E-state index contributed by atoms with van der Waals surface area (Å²) in [7, 11) is 0. The molecule has 16 heavy (non-hydrogen) atoms. The summed E-state index contributed by atoms with van der Waals surface area (Å²) in [5.41, 5.74) is 0. The molecule has 0 N–H and O–H groups in total. The summed E-state index contributed by atoms with van der Waals surface area (Å²) in [6, 6.07) is 0. The number of piperidine rings is 1. The number of halogens is 1.